The van der Waals surface area contributed by atoms with Gasteiger partial charge in [-0.25, -0.2) is 0 Å². The van der Waals surface area contributed by atoms with Crippen molar-refractivity contribution < 1.29 is 4.74 Å². The van der Waals surface area contributed by atoms with Crippen LogP contribution in [0.4, 0.5) is 0 Å². The van der Waals surface area contributed by atoms with Gasteiger partial charge in [0.2, 0.25) is 0 Å². The normalized spacial score (nSPS) is 10.1. The van der Waals surface area contributed by atoms with Crippen LogP contribution in [0.2, 0.25) is 5.02 Å². The Hall–Kier alpha value is -0.990. The van der Waals surface area contributed by atoms with Crippen LogP contribution in [0.3, 0.4) is 0 Å². The van der Waals surface area contributed by atoms with Crippen LogP contribution >= 0.6 is 27.5 Å². The SMILES string of the molecule is Clc1ccccc1OCc1ccccc1Br. The Morgan fingerprint density at radius 2 is 1.69 bits per heavy atom. The lowest BCUT2D eigenvalue weighted by atomic mass is 10.2. The van der Waals surface area contributed by atoms with Gasteiger partial charge in [0.05, 0.1) is 5.02 Å². The van der Waals surface area contributed by atoms with Gasteiger partial charge in [-0.15, -0.1) is 0 Å². The van der Waals surface area contributed by atoms with E-state index in [-0.39, 0.29) is 0 Å². The second kappa shape index (κ2) is 5.37. The van der Waals surface area contributed by atoms with Crippen molar-refractivity contribution in [1.82, 2.24) is 0 Å². The molecule has 0 saturated carbocycles. The van der Waals surface area contributed by atoms with E-state index in [4.69, 9.17) is 16.3 Å². The number of benzene rings is 2. The molecule has 0 unspecified atom stereocenters. The molecule has 0 aromatic heterocycles. The molecular weight excluding hydrogens is 287 g/mol. The van der Waals surface area contributed by atoms with Gasteiger partial charge < -0.3 is 4.74 Å². The summed E-state index contributed by atoms with van der Waals surface area (Å²) in [7, 11) is 0. The number of rotatable bonds is 3. The summed E-state index contributed by atoms with van der Waals surface area (Å²) in [6, 6.07) is 15.4. The van der Waals surface area contributed by atoms with Gasteiger partial charge in [-0.1, -0.05) is 57.9 Å². The van der Waals surface area contributed by atoms with Crippen LogP contribution in [0.1, 0.15) is 5.56 Å². The van der Waals surface area contributed by atoms with Crippen LogP contribution in [0.15, 0.2) is 53.0 Å². The highest BCUT2D eigenvalue weighted by atomic mass is 79.9. The summed E-state index contributed by atoms with van der Waals surface area (Å²) in [4.78, 5) is 0. The summed E-state index contributed by atoms with van der Waals surface area (Å²) in [5, 5.41) is 0.634. The van der Waals surface area contributed by atoms with Crippen LogP contribution < -0.4 is 4.74 Å². The van der Waals surface area contributed by atoms with Crippen molar-refractivity contribution in [1.29, 1.82) is 0 Å². The molecule has 0 aliphatic rings. The number of hydrogen-bond acceptors (Lipinski definition) is 1. The lowest BCUT2D eigenvalue weighted by Crippen LogP contribution is -1.96. The smallest absolute Gasteiger partial charge is 0.138 e. The Balaban J connectivity index is 2.09. The minimum atomic E-state index is 0.505. The minimum Gasteiger partial charge on any atom is -0.487 e. The first-order chi connectivity index (χ1) is 7.77. The summed E-state index contributed by atoms with van der Waals surface area (Å²) in [6.07, 6.45) is 0. The third-order valence-electron chi connectivity index (χ3n) is 2.18. The average molecular weight is 298 g/mol. The van der Waals surface area contributed by atoms with Gasteiger partial charge in [0.15, 0.2) is 0 Å². The first-order valence-corrected chi connectivity index (χ1v) is 6.05. The van der Waals surface area contributed by atoms with E-state index in [2.05, 4.69) is 15.9 Å². The Kier molecular flexibility index (Phi) is 3.86. The first-order valence-electron chi connectivity index (χ1n) is 4.88. The minimum absolute atomic E-state index is 0.505. The van der Waals surface area contributed by atoms with E-state index in [0.717, 1.165) is 10.0 Å². The first kappa shape index (κ1) is 11.5. The maximum absolute atomic E-state index is 5.99. The zero-order valence-corrected chi connectivity index (χ0v) is 10.8. The third-order valence-corrected chi connectivity index (χ3v) is 3.26. The van der Waals surface area contributed by atoms with Crippen molar-refractivity contribution >= 4 is 27.5 Å². The average Bonchev–Trinajstić information content (AvgIpc) is 2.30. The molecule has 0 radical (unpaired) electrons. The van der Waals surface area contributed by atoms with Crippen molar-refractivity contribution in [3.05, 3.63) is 63.6 Å². The maximum Gasteiger partial charge on any atom is 0.138 e. The molecule has 0 heterocycles. The van der Waals surface area contributed by atoms with Crippen molar-refractivity contribution in [3.63, 3.8) is 0 Å². The molecule has 82 valence electrons. The zero-order valence-electron chi connectivity index (χ0n) is 8.49. The van der Waals surface area contributed by atoms with Crippen LogP contribution in [0.5, 0.6) is 5.75 Å². The summed E-state index contributed by atoms with van der Waals surface area (Å²) in [5.74, 6) is 0.708. The fraction of sp³-hybridized carbons (Fsp3) is 0.0769. The molecule has 0 bridgehead atoms. The summed E-state index contributed by atoms with van der Waals surface area (Å²) in [5.41, 5.74) is 1.10. The Bertz CT molecular complexity index is 439. The molecule has 0 spiro atoms. The predicted molar refractivity (Wildman–Crippen MR) is 69.9 cm³/mol. The molecule has 0 aliphatic carbocycles. The molecule has 2 aromatic rings. The van der Waals surface area contributed by atoms with Gasteiger partial charge in [0, 0.05) is 10.0 Å². The predicted octanol–water partition coefficient (Wildman–Crippen LogP) is 4.68. The molecule has 0 aliphatic heterocycles. The Morgan fingerprint density at radius 3 is 2.44 bits per heavy atom. The lowest BCUT2D eigenvalue weighted by molar-refractivity contribution is 0.305. The van der Waals surface area contributed by atoms with Gasteiger partial charge in [0.25, 0.3) is 0 Å². The summed E-state index contributed by atoms with van der Waals surface area (Å²) in [6.45, 7) is 0.505. The molecule has 0 amide bonds. The van der Waals surface area contributed by atoms with Crippen molar-refractivity contribution in [3.8, 4) is 5.75 Å². The molecule has 0 saturated heterocycles. The molecule has 1 nitrogen and oxygen atoms in total. The second-order valence-electron chi connectivity index (χ2n) is 3.31. The molecule has 0 N–H and O–H groups in total. The largest absolute Gasteiger partial charge is 0.487 e. The fourth-order valence-corrected chi connectivity index (χ4v) is 1.92. The monoisotopic (exact) mass is 296 g/mol. The van der Waals surface area contributed by atoms with E-state index in [9.17, 15) is 0 Å². The lowest BCUT2D eigenvalue weighted by Gasteiger charge is -2.08. The highest BCUT2D eigenvalue weighted by molar-refractivity contribution is 9.10. The maximum atomic E-state index is 5.99. The quantitative estimate of drug-likeness (QED) is 0.799. The van der Waals surface area contributed by atoms with E-state index >= 15 is 0 Å². The molecule has 16 heavy (non-hydrogen) atoms. The standard InChI is InChI=1S/C13H10BrClO/c14-11-6-2-1-5-10(11)9-16-13-8-4-3-7-12(13)15/h1-8H,9H2. The van der Waals surface area contributed by atoms with Gasteiger partial charge in [0.1, 0.15) is 12.4 Å². The van der Waals surface area contributed by atoms with Crippen LogP contribution in [-0.4, -0.2) is 0 Å². The molecule has 0 fully saturated rings. The second-order valence-corrected chi connectivity index (χ2v) is 4.57. The van der Waals surface area contributed by atoms with Crippen LogP contribution in [0.25, 0.3) is 0 Å². The highest BCUT2D eigenvalue weighted by Crippen LogP contribution is 2.25. The molecule has 0 atom stereocenters. The topological polar surface area (TPSA) is 9.23 Å². The number of hydrogen-bond donors (Lipinski definition) is 0. The van der Waals surface area contributed by atoms with E-state index in [1.54, 1.807) is 0 Å². The van der Waals surface area contributed by atoms with Crippen LogP contribution in [0, 0.1) is 0 Å². The summed E-state index contributed by atoms with van der Waals surface area (Å²) < 4.78 is 6.69. The third kappa shape index (κ3) is 2.77. The zero-order chi connectivity index (χ0) is 11.4. The van der Waals surface area contributed by atoms with Crippen molar-refractivity contribution in [2.45, 2.75) is 6.61 Å². The highest BCUT2D eigenvalue weighted by Gasteiger charge is 2.02. The molecule has 2 rings (SSSR count). The van der Waals surface area contributed by atoms with Gasteiger partial charge >= 0.3 is 0 Å². The van der Waals surface area contributed by atoms with E-state index < -0.39 is 0 Å². The fourth-order valence-electron chi connectivity index (χ4n) is 1.33. The summed E-state index contributed by atoms with van der Waals surface area (Å²) >= 11 is 9.47. The number of ether oxygens (including phenoxy) is 1. The van der Waals surface area contributed by atoms with Crippen molar-refractivity contribution in [2.24, 2.45) is 0 Å². The van der Waals surface area contributed by atoms with Gasteiger partial charge in [-0.3, -0.25) is 0 Å². The number of halogens is 2. The number of para-hydroxylation sites is 1. The molecular formula is C13H10BrClO. The molecule has 3 heteroatoms. The van der Waals surface area contributed by atoms with E-state index in [0.29, 0.717) is 17.4 Å². The van der Waals surface area contributed by atoms with Gasteiger partial charge in [-0.2, -0.15) is 0 Å². The van der Waals surface area contributed by atoms with Crippen LogP contribution in [-0.2, 0) is 6.61 Å². The van der Waals surface area contributed by atoms with E-state index in [1.807, 2.05) is 48.5 Å². The molecule has 2 aromatic carbocycles. The Labute approximate surface area is 108 Å². The van der Waals surface area contributed by atoms with Crippen molar-refractivity contribution in [2.75, 3.05) is 0 Å². The van der Waals surface area contributed by atoms with E-state index in [1.165, 1.54) is 0 Å². The Morgan fingerprint density at radius 1 is 1.00 bits per heavy atom. The van der Waals surface area contributed by atoms with Gasteiger partial charge in [-0.05, 0) is 18.2 Å².